The molecule has 0 unspecified atom stereocenters. The Morgan fingerprint density at radius 1 is 1.22 bits per heavy atom. The van der Waals surface area contributed by atoms with Crippen molar-refractivity contribution < 1.29 is 24.2 Å². The first-order valence-corrected chi connectivity index (χ1v) is 8.98. The molecule has 6 heteroatoms. The average Bonchev–Trinajstić information content (AvgIpc) is 2.56. The fraction of sp³-hybridized carbons (Fsp3) is 0.429. The summed E-state index contributed by atoms with van der Waals surface area (Å²) < 4.78 is 11.8. The summed E-state index contributed by atoms with van der Waals surface area (Å²) in [5.74, 6) is -0.429. The van der Waals surface area contributed by atoms with Gasteiger partial charge in [0, 0.05) is 23.3 Å². The minimum atomic E-state index is -1.25. The molecule has 2 aromatic rings. The van der Waals surface area contributed by atoms with Crippen LogP contribution in [-0.2, 0) is 16.0 Å². The van der Waals surface area contributed by atoms with Crippen molar-refractivity contribution >= 4 is 28.4 Å². The summed E-state index contributed by atoms with van der Waals surface area (Å²) in [4.78, 5) is 23.5. The molecule has 0 atom stereocenters. The summed E-state index contributed by atoms with van der Waals surface area (Å²) in [6, 6.07) is 7.57. The maximum atomic E-state index is 11.8. The zero-order valence-electron chi connectivity index (χ0n) is 16.3. The quantitative estimate of drug-likeness (QED) is 0.620. The molecule has 1 aliphatic rings. The Bertz CT molecular complexity index is 930. The minimum Gasteiger partial charge on any atom is -0.487 e. The van der Waals surface area contributed by atoms with Gasteiger partial charge in [0.2, 0.25) is 0 Å². The van der Waals surface area contributed by atoms with E-state index >= 15 is 0 Å². The van der Waals surface area contributed by atoms with Crippen LogP contribution in [0.5, 0.6) is 11.5 Å². The van der Waals surface area contributed by atoms with Crippen LogP contribution >= 0.6 is 0 Å². The summed E-state index contributed by atoms with van der Waals surface area (Å²) in [6.45, 7) is 8.52. The molecule has 0 saturated carbocycles. The molecule has 0 saturated heterocycles. The molecular formula is C21H25NO5. The van der Waals surface area contributed by atoms with Crippen LogP contribution in [0.1, 0.15) is 46.6 Å². The predicted octanol–water partition coefficient (Wildman–Crippen LogP) is 4.14. The van der Waals surface area contributed by atoms with Gasteiger partial charge in [-0.05, 0) is 40.5 Å². The number of ether oxygens (including phenoxy) is 2. The highest BCUT2D eigenvalue weighted by Gasteiger charge is 2.35. The van der Waals surface area contributed by atoms with E-state index in [-0.39, 0.29) is 5.60 Å². The molecule has 2 aromatic carbocycles. The van der Waals surface area contributed by atoms with Crippen molar-refractivity contribution in [2.75, 3.05) is 5.32 Å². The van der Waals surface area contributed by atoms with Crippen LogP contribution in [0, 0.1) is 0 Å². The van der Waals surface area contributed by atoms with Crippen molar-refractivity contribution in [1.82, 2.24) is 0 Å². The molecule has 0 aliphatic carbocycles. The Kier molecular flexibility index (Phi) is 4.54. The van der Waals surface area contributed by atoms with Gasteiger partial charge in [-0.25, -0.2) is 4.79 Å². The lowest BCUT2D eigenvalue weighted by atomic mass is 9.90. The Labute approximate surface area is 158 Å². The summed E-state index contributed by atoms with van der Waals surface area (Å²) in [7, 11) is 0. The van der Waals surface area contributed by atoms with Crippen LogP contribution in [0.25, 0.3) is 10.8 Å². The van der Waals surface area contributed by atoms with Gasteiger partial charge in [0.15, 0.2) is 5.75 Å². The maximum Gasteiger partial charge on any atom is 0.328 e. The fourth-order valence-corrected chi connectivity index (χ4v) is 3.28. The van der Waals surface area contributed by atoms with Gasteiger partial charge >= 0.3 is 11.9 Å². The van der Waals surface area contributed by atoms with E-state index in [4.69, 9.17) is 9.47 Å². The van der Waals surface area contributed by atoms with Gasteiger partial charge in [-0.2, -0.15) is 0 Å². The van der Waals surface area contributed by atoms with Gasteiger partial charge in [0.05, 0.1) is 5.69 Å². The van der Waals surface area contributed by atoms with Crippen LogP contribution in [0.4, 0.5) is 5.69 Å². The molecule has 6 nitrogen and oxygen atoms in total. The second kappa shape index (κ2) is 6.44. The van der Waals surface area contributed by atoms with E-state index in [2.05, 4.69) is 5.32 Å². The van der Waals surface area contributed by atoms with Crippen molar-refractivity contribution in [3.05, 3.63) is 29.8 Å². The Morgan fingerprint density at radius 2 is 1.85 bits per heavy atom. The van der Waals surface area contributed by atoms with Gasteiger partial charge in [-0.15, -0.1) is 0 Å². The number of fused-ring (bicyclic) bond motifs is 3. The normalized spacial score (nSPS) is 15.6. The number of aliphatic carboxylic acids is 1. The maximum absolute atomic E-state index is 11.8. The molecule has 0 spiro atoms. The number of hydrogen-bond acceptors (Lipinski definition) is 5. The Balaban J connectivity index is 2.33. The third-order valence-electron chi connectivity index (χ3n) is 4.79. The van der Waals surface area contributed by atoms with Crippen LogP contribution in [0.15, 0.2) is 24.3 Å². The van der Waals surface area contributed by atoms with Crippen molar-refractivity contribution in [2.45, 2.75) is 58.6 Å². The number of rotatable bonds is 4. The zero-order chi connectivity index (χ0) is 20.0. The lowest BCUT2D eigenvalue weighted by Gasteiger charge is -2.35. The molecule has 2 N–H and O–H groups in total. The predicted molar refractivity (Wildman–Crippen MR) is 104 cm³/mol. The van der Waals surface area contributed by atoms with E-state index in [1.165, 1.54) is 6.92 Å². The second-order valence-corrected chi connectivity index (χ2v) is 8.07. The number of carboxylic acid groups (broad SMARTS) is 1. The van der Waals surface area contributed by atoms with Crippen LogP contribution < -0.4 is 14.8 Å². The lowest BCUT2D eigenvalue weighted by molar-refractivity contribution is -0.141. The van der Waals surface area contributed by atoms with Crippen molar-refractivity contribution in [3.8, 4) is 11.5 Å². The molecule has 0 radical (unpaired) electrons. The molecule has 1 heterocycles. The van der Waals surface area contributed by atoms with Gasteiger partial charge in [0.25, 0.3) is 0 Å². The molecular weight excluding hydrogens is 346 g/mol. The number of esters is 1. The Hall–Kier alpha value is -2.76. The SMILES string of the molecule is CC(=O)Oc1c2c(c3ccccc3c1NC(C)(C)C(=O)O)OC(C)(C)CC2. The van der Waals surface area contributed by atoms with Crippen molar-refractivity contribution in [2.24, 2.45) is 0 Å². The highest BCUT2D eigenvalue weighted by Crippen LogP contribution is 2.49. The molecule has 0 aromatic heterocycles. The van der Waals surface area contributed by atoms with E-state index < -0.39 is 17.5 Å². The topological polar surface area (TPSA) is 84.9 Å². The second-order valence-electron chi connectivity index (χ2n) is 8.07. The first kappa shape index (κ1) is 19.0. The lowest BCUT2D eigenvalue weighted by Crippen LogP contribution is -2.40. The van der Waals surface area contributed by atoms with Crippen LogP contribution in [-0.4, -0.2) is 28.2 Å². The first-order valence-electron chi connectivity index (χ1n) is 8.98. The fourth-order valence-electron chi connectivity index (χ4n) is 3.28. The van der Waals surface area contributed by atoms with Gasteiger partial charge < -0.3 is 19.9 Å². The number of hydrogen-bond donors (Lipinski definition) is 2. The van der Waals surface area contributed by atoms with E-state index in [0.29, 0.717) is 23.6 Å². The molecule has 144 valence electrons. The molecule has 0 fully saturated rings. The third-order valence-corrected chi connectivity index (χ3v) is 4.79. The monoisotopic (exact) mass is 371 g/mol. The third kappa shape index (κ3) is 3.56. The largest absolute Gasteiger partial charge is 0.487 e. The van der Waals surface area contributed by atoms with E-state index in [0.717, 1.165) is 22.8 Å². The highest BCUT2D eigenvalue weighted by atomic mass is 16.5. The minimum absolute atomic E-state index is 0.335. The van der Waals surface area contributed by atoms with Crippen LogP contribution in [0.3, 0.4) is 0 Å². The number of carbonyl (C=O) groups excluding carboxylic acids is 1. The smallest absolute Gasteiger partial charge is 0.328 e. The zero-order valence-corrected chi connectivity index (χ0v) is 16.3. The standard InChI is InChI=1S/C21H25NO5/c1-12(23)26-18-15-10-11-20(2,3)27-17(15)14-9-7-6-8-13(14)16(18)22-21(4,5)19(24)25/h6-9,22H,10-11H2,1-5H3,(H,24,25). The number of carbonyl (C=O) groups is 2. The summed E-state index contributed by atoms with van der Waals surface area (Å²) in [6.07, 6.45) is 1.42. The van der Waals surface area contributed by atoms with E-state index in [9.17, 15) is 14.7 Å². The Morgan fingerprint density at radius 3 is 2.44 bits per heavy atom. The molecule has 27 heavy (non-hydrogen) atoms. The highest BCUT2D eigenvalue weighted by molar-refractivity contribution is 6.04. The van der Waals surface area contributed by atoms with E-state index in [1.807, 2.05) is 38.1 Å². The van der Waals surface area contributed by atoms with Gasteiger partial charge in [-0.1, -0.05) is 24.3 Å². The van der Waals surface area contributed by atoms with Gasteiger partial charge in [-0.3, -0.25) is 4.79 Å². The van der Waals surface area contributed by atoms with Gasteiger partial charge in [0.1, 0.15) is 16.9 Å². The van der Waals surface area contributed by atoms with E-state index in [1.54, 1.807) is 13.8 Å². The average molecular weight is 371 g/mol. The summed E-state index contributed by atoms with van der Waals surface area (Å²) >= 11 is 0. The molecule has 1 aliphatic heterocycles. The van der Waals surface area contributed by atoms with Crippen LogP contribution in [0.2, 0.25) is 0 Å². The number of benzene rings is 2. The van der Waals surface area contributed by atoms with Crippen molar-refractivity contribution in [3.63, 3.8) is 0 Å². The summed E-state index contributed by atoms with van der Waals surface area (Å²) in [5, 5.41) is 14.2. The molecule has 0 bridgehead atoms. The number of anilines is 1. The van der Waals surface area contributed by atoms with Crippen molar-refractivity contribution in [1.29, 1.82) is 0 Å². The first-order chi connectivity index (χ1) is 12.5. The molecule has 3 rings (SSSR count). The molecule has 0 amide bonds. The number of nitrogens with one attached hydrogen (secondary N) is 1. The number of carboxylic acids is 1. The summed E-state index contributed by atoms with van der Waals surface area (Å²) in [5.41, 5.74) is -0.304.